The van der Waals surface area contributed by atoms with Crippen molar-refractivity contribution in [2.45, 2.75) is 109 Å². The van der Waals surface area contributed by atoms with Gasteiger partial charge in [-0.15, -0.1) is 6.42 Å². The molecule has 0 rings (SSSR count). The van der Waals surface area contributed by atoms with Crippen molar-refractivity contribution >= 4 is 35.7 Å². The van der Waals surface area contributed by atoms with Crippen molar-refractivity contribution < 1.29 is 43.0 Å². The third-order valence-electron chi connectivity index (χ3n) is 6.04. The summed E-state index contributed by atoms with van der Waals surface area (Å²) in [5.74, 6) is -1.57. The van der Waals surface area contributed by atoms with Gasteiger partial charge in [-0.1, -0.05) is 11.0 Å². The van der Waals surface area contributed by atoms with Gasteiger partial charge in [0.05, 0.1) is 13.7 Å². The smallest absolute Gasteiger partial charge is 0.408 e. The Hall–Kier alpha value is -4.55. The minimum Gasteiger partial charge on any atom is -0.467 e. The van der Waals surface area contributed by atoms with Crippen molar-refractivity contribution in [2.75, 3.05) is 26.9 Å². The first-order chi connectivity index (χ1) is 21.0. The highest BCUT2D eigenvalue weighted by atomic mass is 16.6. The van der Waals surface area contributed by atoms with Crippen molar-refractivity contribution in [3.05, 3.63) is 10.4 Å². The molecule has 0 aliphatic rings. The van der Waals surface area contributed by atoms with Crippen molar-refractivity contribution in [3.63, 3.8) is 0 Å². The summed E-state index contributed by atoms with van der Waals surface area (Å²) in [6.07, 6.45) is 4.65. The lowest BCUT2D eigenvalue weighted by atomic mass is 9.97. The van der Waals surface area contributed by atoms with E-state index in [1.54, 1.807) is 20.8 Å². The number of hydrogen-bond donors (Lipinski definition) is 5. The van der Waals surface area contributed by atoms with Crippen LogP contribution in [0.2, 0.25) is 0 Å². The fourth-order valence-electron chi connectivity index (χ4n) is 3.54. The summed E-state index contributed by atoms with van der Waals surface area (Å²) in [6.45, 7) is 12.8. The minimum absolute atomic E-state index is 0.0632. The highest BCUT2D eigenvalue weighted by Gasteiger charge is 2.40. The van der Waals surface area contributed by atoms with Crippen LogP contribution in [0.15, 0.2) is 5.11 Å². The third-order valence-corrected chi connectivity index (χ3v) is 6.04. The Kier molecular flexibility index (Phi) is 16.1. The lowest BCUT2D eigenvalue weighted by Gasteiger charge is -2.34. The fraction of sp³-hybridized carbons (Fsp3) is 0.724. The molecule has 0 unspecified atom stereocenters. The van der Waals surface area contributed by atoms with Crippen LogP contribution in [0.5, 0.6) is 0 Å². The molecule has 0 heterocycles. The highest BCUT2D eigenvalue weighted by molar-refractivity contribution is 5.99. The van der Waals surface area contributed by atoms with Gasteiger partial charge in [0.25, 0.3) is 0 Å². The fourth-order valence-corrected chi connectivity index (χ4v) is 3.54. The molecular weight excluding hydrogens is 604 g/mol. The second-order valence-corrected chi connectivity index (χ2v) is 12.8. The maximum Gasteiger partial charge on any atom is 0.408 e. The summed E-state index contributed by atoms with van der Waals surface area (Å²) >= 11 is 0. The second-order valence-electron chi connectivity index (χ2n) is 12.8. The van der Waals surface area contributed by atoms with Crippen LogP contribution < -0.4 is 26.6 Å². The largest absolute Gasteiger partial charge is 0.467 e. The molecule has 0 radical (unpaired) electrons. The molecule has 258 valence electrons. The monoisotopic (exact) mass is 652 g/mol. The molecule has 17 heteroatoms. The van der Waals surface area contributed by atoms with Gasteiger partial charge in [-0.3, -0.25) is 19.2 Å². The summed E-state index contributed by atoms with van der Waals surface area (Å²) < 4.78 is 15.2. The summed E-state index contributed by atoms with van der Waals surface area (Å²) in [5, 5.41) is 16.0. The Bertz CT molecular complexity index is 1210. The topological polar surface area (TPSA) is 239 Å². The molecule has 17 nitrogen and oxygen atoms in total. The maximum atomic E-state index is 13.3. The standard InChI is InChI=1S/C29H48N8O9/c1-12-16-45-17-19(21(39)35-29(9,10)24(42)44-11)32-22(40)27(5,6)36-23(41)28(7,8)34-20(38)18(14-13-15-31-37-30)33-25(43)46-26(2,3)4/h1,18-19H,13-17H2,2-11H3,(H,32,40)(H,33,43)(H,34,38)(H,35,39)(H,36,41)/t18-,19-/m0/s1. The number of carbonyl (C=O) groups is 6. The van der Waals surface area contributed by atoms with E-state index < -0.39 is 70.0 Å². The average molecular weight is 653 g/mol. The number of terminal acetylenes is 1. The van der Waals surface area contributed by atoms with Crippen LogP contribution in [0, 0.1) is 12.3 Å². The zero-order valence-electron chi connectivity index (χ0n) is 28.3. The summed E-state index contributed by atoms with van der Waals surface area (Å²) in [4.78, 5) is 79.9. The molecule has 0 spiro atoms. The molecular formula is C29H48N8O9. The lowest BCUT2D eigenvalue weighted by Crippen LogP contribution is -2.66. The number of azide groups is 1. The molecule has 0 fully saturated rings. The predicted molar refractivity (Wildman–Crippen MR) is 167 cm³/mol. The molecule has 0 aromatic carbocycles. The summed E-state index contributed by atoms with van der Waals surface area (Å²) in [5.41, 5.74) is 3.00. The van der Waals surface area contributed by atoms with E-state index in [1.165, 1.54) is 41.5 Å². The number of alkyl carbamates (subject to hydrolysis) is 1. The number of nitrogens with one attached hydrogen (secondary N) is 5. The van der Waals surface area contributed by atoms with E-state index in [9.17, 15) is 28.8 Å². The number of rotatable bonds is 17. The predicted octanol–water partition coefficient (Wildman–Crippen LogP) is 0.962. The highest BCUT2D eigenvalue weighted by Crippen LogP contribution is 2.13. The molecule has 2 atom stereocenters. The number of carbonyl (C=O) groups excluding carboxylic acids is 6. The van der Waals surface area contributed by atoms with Crippen LogP contribution in [0.25, 0.3) is 10.4 Å². The van der Waals surface area contributed by atoms with Crippen LogP contribution in [0.3, 0.4) is 0 Å². The van der Waals surface area contributed by atoms with Crippen LogP contribution >= 0.6 is 0 Å². The molecule has 46 heavy (non-hydrogen) atoms. The van der Waals surface area contributed by atoms with Gasteiger partial charge in [0.15, 0.2) is 0 Å². The Morgan fingerprint density at radius 2 is 1.37 bits per heavy atom. The van der Waals surface area contributed by atoms with E-state index in [4.69, 9.17) is 26.2 Å². The Morgan fingerprint density at radius 3 is 1.89 bits per heavy atom. The minimum atomic E-state index is -1.63. The Morgan fingerprint density at radius 1 is 0.826 bits per heavy atom. The quantitative estimate of drug-likeness (QED) is 0.0375. The second kappa shape index (κ2) is 17.8. The van der Waals surface area contributed by atoms with Crippen LogP contribution in [-0.4, -0.2) is 96.9 Å². The van der Waals surface area contributed by atoms with Crippen molar-refractivity contribution in [3.8, 4) is 12.3 Å². The van der Waals surface area contributed by atoms with Crippen LogP contribution in [0.1, 0.15) is 75.2 Å². The third kappa shape index (κ3) is 15.0. The average Bonchev–Trinajstić information content (AvgIpc) is 2.91. The van der Waals surface area contributed by atoms with Gasteiger partial charge in [0.1, 0.15) is 40.9 Å². The molecule has 0 bridgehead atoms. The SMILES string of the molecule is C#CCOC[C@H](NC(=O)C(C)(C)NC(=O)C(C)(C)NC(=O)[C@H](CCCN=[N+]=[N-])NC(=O)OC(C)(C)C)C(=O)NC(C)(C)C(=O)OC. The Labute approximate surface area is 269 Å². The Balaban J connectivity index is 5.77. The van der Waals surface area contributed by atoms with Gasteiger partial charge in [-0.05, 0) is 80.7 Å². The van der Waals surface area contributed by atoms with E-state index in [2.05, 4.69) is 42.5 Å². The van der Waals surface area contributed by atoms with Crippen molar-refractivity contribution in [1.82, 2.24) is 26.6 Å². The number of nitrogens with zero attached hydrogens (tertiary/aromatic N) is 3. The molecule has 0 aliphatic heterocycles. The van der Waals surface area contributed by atoms with Crippen LogP contribution in [0.4, 0.5) is 4.79 Å². The van der Waals surface area contributed by atoms with Gasteiger partial charge in [0, 0.05) is 11.5 Å². The van der Waals surface area contributed by atoms with E-state index in [0.717, 1.165) is 7.11 Å². The molecule has 0 aromatic heterocycles. The molecule has 0 saturated carbocycles. The first-order valence-corrected chi connectivity index (χ1v) is 14.4. The lowest BCUT2D eigenvalue weighted by molar-refractivity contribution is -0.150. The van der Waals surface area contributed by atoms with Gasteiger partial charge in [-0.2, -0.15) is 0 Å². The number of hydrogen-bond acceptors (Lipinski definition) is 10. The maximum absolute atomic E-state index is 13.3. The van der Waals surface area contributed by atoms with E-state index in [-0.39, 0.29) is 32.6 Å². The number of amides is 5. The number of methoxy groups -OCH3 is 1. The molecule has 5 N–H and O–H groups in total. The summed E-state index contributed by atoms with van der Waals surface area (Å²) in [7, 11) is 1.16. The zero-order chi connectivity index (χ0) is 35.9. The van der Waals surface area contributed by atoms with E-state index >= 15 is 0 Å². The van der Waals surface area contributed by atoms with Gasteiger partial charge < -0.3 is 40.8 Å². The van der Waals surface area contributed by atoms with E-state index in [0.29, 0.717) is 0 Å². The van der Waals surface area contributed by atoms with Crippen molar-refractivity contribution in [1.29, 1.82) is 0 Å². The number of esters is 1. The molecule has 0 aromatic rings. The molecule has 0 aliphatic carbocycles. The van der Waals surface area contributed by atoms with Crippen molar-refractivity contribution in [2.24, 2.45) is 5.11 Å². The zero-order valence-corrected chi connectivity index (χ0v) is 28.3. The molecule has 0 saturated heterocycles. The first kappa shape index (κ1) is 41.4. The summed E-state index contributed by atoms with van der Waals surface area (Å²) in [6, 6.07) is -2.47. The number of ether oxygens (including phenoxy) is 3. The van der Waals surface area contributed by atoms with Crippen LogP contribution in [-0.2, 0) is 38.2 Å². The molecule has 5 amide bonds. The van der Waals surface area contributed by atoms with Gasteiger partial charge >= 0.3 is 12.1 Å². The van der Waals surface area contributed by atoms with Gasteiger partial charge in [0.2, 0.25) is 23.6 Å². The van der Waals surface area contributed by atoms with Gasteiger partial charge in [-0.25, -0.2) is 9.59 Å². The first-order valence-electron chi connectivity index (χ1n) is 14.4. The van der Waals surface area contributed by atoms with E-state index in [1.807, 2.05) is 0 Å². The normalized spacial score (nSPS) is 13.0.